The van der Waals surface area contributed by atoms with E-state index in [1.54, 1.807) is 18.5 Å². The van der Waals surface area contributed by atoms with Crippen molar-refractivity contribution in [1.29, 1.82) is 0 Å². The molecule has 18 heavy (non-hydrogen) atoms. The molecule has 0 unspecified atom stereocenters. The van der Waals surface area contributed by atoms with Crippen LogP contribution in [0.4, 0.5) is 5.69 Å². The smallest absolute Gasteiger partial charge is 0.260 e. The highest BCUT2D eigenvalue weighted by molar-refractivity contribution is 6.07. The number of hydrogen-bond acceptors (Lipinski definition) is 2. The van der Waals surface area contributed by atoms with E-state index < -0.39 is 0 Å². The summed E-state index contributed by atoms with van der Waals surface area (Å²) in [5, 5.41) is 0. The molecule has 1 aliphatic heterocycles. The predicted octanol–water partition coefficient (Wildman–Crippen LogP) is 2.67. The van der Waals surface area contributed by atoms with Gasteiger partial charge in [-0.15, -0.1) is 0 Å². The Morgan fingerprint density at radius 2 is 2.11 bits per heavy atom. The van der Waals surface area contributed by atoms with Crippen LogP contribution in [-0.2, 0) is 6.42 Å². The van der Waals surface area contributed by atoms with Crippen LogP contribution in [-0.4, -0.2) is 16.9 Å². The van der Waals surface area contributed by atoms with Gasteiger partial charge in [-0.05, 0) is 37.1 Å². The molecule has 1 amide bonds. The van der Waals surface area contributed by atoms with Crippen LogP contribution in [0.2, 0.25) is 0 Å². The largest absolute Gasteiger partial charge is 0.305 e. The van der Waals surface area contributed by atoms with Crippen LogP contribution >= 0.6 is 0 Å². The second kappa shape index (κ2) is 4.26. The lowest BCUT2D eigenvalue weighted by Gasteiger charge is -2.22. The number of hydrogen-bond donors (Lipinski definition) is 0. The Morgan fingerprint density at radius 1 is 1.28 bits per heavy atom. The molecule has 0 bridgehead atoms. The van der Waals surface area contributed by atoms with Crippen molar-refractivity contribution in [3.05, 3.63) is 59.9 Å². The minimum atomic E-state index is 0.0283. The number of benzene rings is 1. The molecule has 1 aromatic carbocycles. The first kappa shape index (κ1) is 11.0. The van der Waals surface area contributed by atoms with E-state index in [0.717, 1.165) is 12.1 Å². The number of fused-ring (bicyclic) bond motifs is 1. The van der Waals surface area contributed by atoms with E-state index in [0.29, 0.717) is 5.56 Å². The predicted molar refractivity (Wildman–Crippen MR) is 70.7 cm³/mol. The van der Waals surface area contributed by atoms with Crippen molar-refractivity contribution >= 4 is 11.6 Å². The minimum Gasteiger partial charge on any atom is -0.305 e. The van der Waals surface area contributed by atoms with Gasteiger partial charge in [0, 0.05) is 24.1 Å². The molecular weight excluding hydrogens is 224 g/mol. The van der Waals surface area contributed by atoms with Gasteiger partial charge >= 0.3 is 0 Å². The third kappa shape index (κ3) is 1.68. The molecule has 2 aromatic rings. The summed E-state index contributed by atoms with van der Waals surface area (Å²) in [6.07, 6.45) is 4.22. The highest BCUT2D eigenvalue weighted by Gasteiger charge is 2.31. The lowest BCUT2D eigenvalue weighted by Crippen LogP contribution is -2.35. The Morgan fingerprint density at radius 3 is 2.89 bits per heavy atom. The van der Waals surface area contributed by atoms with Gasteiger partial charge in [0.1, 0.15) is 0 Å². The molecule has 0 spiro atoms. The van der Waals surface area contributed by atoms with Crippen molar-refractivity contribution in [3.8, 4) is 0 Å². The summed E-state index contributed by atoms with van der Waals surface area (Å²) in [6, 6.07) is 11.9. The van der Waals surface area contributed by atoms with Crippen molar-refractivity contribution in [1.82, 2.24) is 4.98 Å². The van der Waals surface area contributed by atoms with Crippen molar-refractivity contribution in [2.45, 2.75) is 19.4 Å². The Balaban J connectivity index is 2.00. The van der Waals surface area contributed by atoms with Crippen LogP contribution < -0.4 is 4.90 Å². The maximum absolute atomic E-state index is 12.5. The van der Waals surface area contributed by atoms with Crippen molar-refractivity contribution in [3.63, 3.8) is 0 Å². The van der Waals surface area contributed by atoms with Crippen LogP contribution in [0.15, 0.2) is 48.8 Å². The number of para-hydroxylation sites is 1. The maximum atomic E-state index is 12.5. The fraction of sp³-hybridized carbons (Fsp3) is 0.200. The summed E-state index contributed by atoms with van der Waals surface area (Å²) >= 11 is 0. The van der Waals surface area contributed by atoms with E-state index in [2.05, 4.69) is 18.0 Å². The van der Waals surface area contributed by atoms with Gasteiger partial charge in [0.2, 0.25) is 0 Å². The fourth-order valence-corrected chi connectivity index (χ4v) is 2.50. The van der Waals surface area contributed by atoms with Gasteiger partial charge in [0.05, 0.1) is 5.56 Å². The number of amides is 1. The molecule has 3 heteroatoms. The van der Waals surface area contributed by atoms with Crippen LogP contribution in [0.1, 0.15) is 22.8 Å². The monoisotopic (exact) mass is 238 g/mol. The quantitative estimate of drug-likeness (QED) is 0.765. The second-order valence-electron chi connectivity index (χ2n) is 4.60. The lowest BCUT2D eigenvalue weighted by molar-refractivity contribution is 0.0981. The zero-order valence-electron chi connectivity index (χ0n) is 10.2. The molecule has 2 heterocycles. The molecular formula is C15H14N2O. The number of aromatic nitrogens is 1. The van der Waals surface area contributed by atoms with Gasteiger partial charge in [0.15, 0.2) is 0 Å². The molecule has 0 aliphatic carbocycles. The molecule has 3 nitrogen and oxygen atoms in total. The number of pyridine rings is 1. The standard InChI is InChI=1S/C15H14N2O/c1-11-9-12-5-2-3-7-14(12)17(11)15(18)13-6-4-8-16-10-13/h2-8,10-11H,9H2,1H3/t11-/m0/s1. The van der Waals surface area contributed by atoms with Crippen molar-refractivity contribution < 1.29 is 4.79 Å². The zero-order valence-corrected chi connectivity index (χ0v) is 10.2. The first-order valence-corrected chi connectivity index (χ1v) is 6.09. The molecule has 0 fully saturated rings. The molecule has 0 saturated heterocycles. The van der Waals surface area contributed by atoms with Crippen LogP contribution in [0.25, 0.3) is 0 Å². The number of anilines is 1. The zero-order chi connectivity index (χ0) is 12.5. The summed E-state index contributed by atoms with van der Waals surface area (Å²) in [6.45, 7) is 2.08. The minimum absolute atomic E-state index is 0.0283. The average Bonchev–Trinajstić information content (AvgIpc) is 2.75. The number of carbonyl (C=O) groups excluding carboxylic acids is 1. The summed E-state index contributed by atoms with van der Waals surface area (Å²) in [4.78, 5) is 18.4. The molecule has 1 atom stereocenters. The molecule has 0 saturated carbocycles. The van der Waals surface area contributed by atoms with Crippen LogP contribution in [0.3, 0.4) is 0 Å². The van der Waals surface area contributed by atoms with Crippen LogP contribution in [0, 0.1) is 0 Å². The van der Waals surface area contributed by atoms with Gasteiger partial charge in [-0.3, -0.25) is 9.78 Å². The molecule has 90 valence electrons. The first-order chi connectivity index (χ1) is 8.77. The van der Waals surface area contributed by atoms with Gasteiger partial charge in [0.25, 0.3) is 5.91 Å². The summed E-state index contributed by atoms with van der Waals surface area (Å²) in [5.41, 5.74) is 2.90. The lowest BCUT2D eigenvalue weighted by atomic mass is 10.1. The summed E-state index contributed by atoms with van der Waals surface area (Å²) < 4.78 is 0. The third-order valence-electron chi connectivity index (χ3n) is 3.33. The van der Waals surface area contributed by atoms with E-state index in [1.165, 1.54) is 5.56 Å². The van der Waals surface area contributed by atoms with E-state index >= 15 is 0 Å². The highest BCUT2D eigenvalue weighted by atomic mass is 16.2. The first-order valence-electron chi connectivity index (χ1n) is 6.09. The Kier molecular flexibility index (Phi) is 2.59. The Bertz CT molecular complexity index is 580. The topological polar surface area (TPSA) is 33.2 Å². The number of carbonyl (C=O) groups is 1. The second-order valence-corrected chi connectivity index (χ2v) is 4.60. The third-order valence-corrected chi connectivity index (χ3v) is 3.33. The van der Waals surface area contributed by atoms with Crippen LogP contribution in [0.5, 0.6) is 0 Å². The average molecular weight is 238 g/mol. The molecule has 0 radical (unpaired) electrons. The van der Waals surface area contributed by atoms with Gasteiger partial charge in [-0.25, -0.2) is 0 Å². The van der Waals surface area contributed by atoms with Gasteiger partial charge < -0.3 is 4.90 Å². The van der Waals surface area contributed by atoms with Crippen molar-refractivity contribution in [2.24, 2.45) is 0 Å². The Hall–Kier alpha value is -2.16. The van der Waals surface area contributed by atoms with Gasteiger partial charge in [-0.2, -0.15) is 0 Å². The molecule has 1 aromatic heterocycles. The van der Waals surface area contributed by atoms with E-state index in [9.17, 15) is 4.79 Å². The SMILES string of the molecule is C[C@H]1Cc2ccccc2N1C(=O)c1cccnc1. The summed E-state index contributed by atoms with van der Waals surface area (Å²) in [7, 11) is 0. The van der Waals surface area contributed by atoms with Gasteiger partial charge in [-0.1, -0.05) is 18.2 Å². The Labute approximate surface area is 106 Å². The fourth-order valence-electron chi connectivity index (χ4n) is 2.50. The summed E-state index contributed by atoms with van der Waals surface area (Å²) in [5.74, 6) is 0.0283. The molecule has 1 aliphatic rings. The maximum Gasteiger partial charge on any atom is 0.260 e. The number of rotatable bonds is 1. The molecule has 3 rings (SSSR count). The van der Waals surface area contributed by atoms with E-state index in [-0.39, 0.29) is 11.9 Å². The normalized spacial score (nSPS) is 17.6. The molecule has 0 N–H and O–H groups in total. The number of nitrogens with zero attached hydrogens (tertiary/aromatic N) is 2. The highest BCUT2D eigenvalue weighted by Crippen LogP contribution is 2.32. The van der Waals surface area contributed by atoms with E-state index in [1.807, 2.05) is 29.2 Å². The van der Waals surface area contributed by atoms with Crippen molar-refractivity contribution in [2.75, 3.05) is 4.90 Å². The van der Waals surface area contributed by atoms with E-state index in [4.69, 9.17) is 0 Å².